The van der Waals surface area contributed by atoms with Crippen molar-refractivity contribution in [1.29, 1.82) is 0 Å². The fraction of sp³-hybridized carbons (Fsp3) is 0.294. The van der Waals surface area contributed by atoms with Gasteiger partial charge in [0.2, 0.25) is 0 Å². The van der Waals surface area contributed by atoms with Crippen molar-refractivity contribution < 1.29 is 4.79 Å². The van der Waals surface area contributed by atoms with E-state index in [0.29, 0.717) is 22.6 Å². The zero-order valence-corrected chi connectivity index (χ0v) is 12.5. The second-order valence-electron chi connectivity index (χ2n) is 5.60. The maximum atomic E-state index is 12.4. The molecule has 0 bridgehead atoms. The molecule has 1 saturated carbocycles. The van der Waals surface area contributed by atoms with Crippen molar-refractivity contribution in [1.82, 2.24) is 10.3 Å². The summed E-state index contributed by atoms with van der Waals surface area (Å²) in [6.45, 7) is 2.21. The van der Waals surface area contributed by atoms with E-state index in [0.717, 1.165) is 12.0 Å². The van der Waals surface area contributed by atoms with E-state index >= 15 is 0 Å². The van der Waals surface area contributed by atoms with Crippen molar-refractivity contribution >= 4 is 17.5 Å². The van der Waals surface area contributed by atoms with Crippen LogP contribution >= 0.6 is 11.6 Å². The lowest BCUT2D eigenvalue weighted by molar-refractivity contribution is 0.0925. The van der Waals surface area contributed by atoms with Gasteiger partial charge in [-0.25, -0.2) is 0 Å². The van der Waals surface area contributed by atoms with Gasteiger partial charge in [0.15, 0.2) is 0 Å². The molecule has 1 fully saturated rings. The fourth-order valence-electron chi connectivity index (χ4n) is 2.66. The minimum Gasteiger partial charge on any atom is -0.344 e. The van der Waals surface area contributed by atoms with Crippen LogP contribution in [0.1, 0.15) is 35.4 Å². The van der Waals surface area contributed by atoms with E-state index in [1.54, 1.807) is 18.3 Å². The Morgan fingerprint density at radius 2 is 2.05 bits per heavy atom. The number of carbonyl (C=O) groups is 1. The van der Waals surface area contributed by atoms with E-state index in [1.807, 2.05) is 18.2 Å². The van der Waals surface area contributed by atoms with Crippen LogP contribution in [-0.2, 0) is 0 Å². The molecule has 3 nitrogen and oxygen atoms in total. The Kier molecular flexibility index (Phi) is 3.93. The number of nitrogens with one attached hydrogen (secondary N) is 1. The minimum absolute atomic E-state index is 0.0366. The normalized spacial score (nSPS) is 21.6. The molecule has 1 aliphatic rings. The molecule has 0 saturated heterocycles. The highest BCUT2D eigenvalue weighted by atomic mass is 35.5. The number of amides is 1. The van der Waals surface area contributed by atoms with Gasteiger partial charge < -0.3 is 5.32 Å². The second-order valence-corrected chi connectivity index (χ2v) is 6.03. The molecule has 4 heteroatoms. The van der Waals surface area contributed by atoms with Crippen molar-refractivity contribution in [3.63, 3.8) is 0 Å². The summed E-state index contributed by atoms with van der Waals surface area (Å²) in [5.74, 6) is 0.962. The lowest BCUT2D eigenvalue weighted by atomic mass is 10.0. The molecule has 0 radical (unpaired) electrons. The first-order chi connectivity index (χ1) is 10.1. The summed E-state index contributed by atoms with van der Waals surface area (Å²) in [4.78, 5) is 16.5. The van der Waals surface area contributed by atoms with Gasteiger partial charge in [-0.1, -0.05) is 48.9 Å². The molecular formula is C17H17ClN2O. The highest BCUT2D eigenvalue weighted by Gasteiger charge is 2.41. The predicted octanol–water partition coefficient (Wildman–Crippen LogP) is 3.86. The van der Waals surface area contributed by atoms with Crippen LogP contribution in [0.4, 0.5) is 0 Å². The van der Waals surface area contributed by atoms with Gasteiger partial charge in [-0.05, 0) is 36.0 Å². The average molecular weight is 301 g/mol. The minimum atomic E-state index is -0.176. The van der Waals surface area contributed by atoms with E-state index in [-0.39, 0.29) is 11.9 Å². The predicted molar refractivity (Wildman–Crippen MR) is 83.2 cm³/mol. The molecule has 1 aliphatic carbocycles. The largest absolute Gasteiger partial charge is 0.344 e. The SMILES string of the molecule is CC1CC1C(NC(=O)c1cc(Cl)ccn1)c1ccccc1. The van der Waals surface area contributed by atoms with Gasteiger partial charge in [-0.15, -0.1) is 0 Å². The maximum absolute atomic E-state index is 12.4. The zero-order chi connectivity index (χ0) is 14.8. The van der Waals surface area contributed by atoms with E-state index in [2.05, 4.69) is 29.4 Å². The third-order valence-electron chi connectivity index (χ3n) is 4.00. The first-order valence-corrected chi connectivity index (χ1v) is 7.50. The molecule has 3 unspecified atom stereocenters. The van der Waals surface area contributed by atoms with Gasteiger partial charge in [0.1, 0.15) is 5.69 Å². The molecule has 1 N–H and O–H groups in total. The summed E-state index contributed by atoms with van der Waals surface area (Å²) >= 11 is 5.92. The van der Waals surface area contributed by atoms with Crippen LogP contribution in [0.5, 0.6) is 0 Å². The van der Waals surface area contributed by atoms with Crippen LogP contribution in [0, 0.1) is 11.8 Å². The van der Waals surface area contributed by atoms with Crippen LogP contribution in [0.2, 0.25) is 5.02 Å². The molecule has 108 valence electrons. The number of hydrogen-bond acceptors (Lipinski definition) is 2. The number of hydrogen-bond donors (Lipinski definition) is 1. The summed E-state index contributed by atoms with van der Waals surface area (Å²) in [6.07, 6.45) is 2.69. The molecule has 1 aromatic heterocycles. The molecule has 21 heavy (non-hydrogen) atoms. The molecule has 3 rings (SSSR count). The Morgan fingerprint density at radius 3 is 2.67 bits per heavy atom. The highest BCUT2D eigenvalue weighted by Crippen LogP contribution is 2.46. The van der Waals surface area contributed by atoms with Gasteiger partial charge in [0.25, 0.3) is 5.91 Å². The lowest BCUT2D eigenvalue weighted by Gasteiger charge is -2.19. The van der Waals surface area contributed by atoms with Crippen molar-refractivity contribution in [2.45, 2.75) is 19.4 Å². The Hall–Kier alpha value is -1.87. The van der Waals surface area contributed by atoms with E-state index < -0.39 is 0 Å². The second kappa shape index (κ2) is 5.86. The van der Waals surface area contributed by atoms with Gasteiger partial charge in [-0.3, -0.25) is 9.78 Å². The number of carbonyl (C=O) groups excluding carboxylic acids is 1. The molecule has 0 spiro atoms. The van der Waals surface area contributed by atoms with Crippen LogP contribution in [0.25, 0.3) is 0 Å². The quantitative estimate of drug-likeness (QED) is 0.931. The molecule has 1 aromatic carbocycles. The van der Waals surface area contributed by atoms with Crippen molar-refractivity contribution in [2.75, 3.05) is 0 Å². The summed E-state index contributed by atoms with van der Waals surface area (Å²) < 4.78 is 0. The summed E-state index contributed by atoms with van der Waals surface area (Å²) in [5, 5.41) is 3.63. The first kappa shape index (κ1) is 14.1. The Bertz CT molecular complexity index is 644. The van der Waals surface area contributed by atoms with Gasteiger partial charge in [-0.2, -0.15) is 0 Å². The van der Waals surface area contributed by atoms with Crippen molar-refractivity contribution in [3.05, 3.63) is 64.9 Å². The zero-order valence-electron chi connectivity index (χ0n) is 11.8. The molecule has 1 heterocycles. The van der Waals surface area contributed by atoms with E-state index in [4.69, 9.17) is 11.6 Å². The number of halogens is 1. The fourth-order valence-corrected chi connectivity index (χ4v) is 2.82. The lowest BCUT2D eigenvalue weighted by Crippen LogP contribution is -2.30. The van der Waals surface area contributed by atoms with Crippen LogP contribution < -0.4 is 5.32 Å². The van der Waals surface area contributed by atoms with Crippen molar-refractivity contribution in [2.24, 2.45) is 11.8 Å². The van der Waals surface area contributed by atoms with Gasteiger partial charge in [0, 0.05) is 11.2 Å². The van der Waals surface area contributed by atoms with Gasteiger partial charge in [0.05, 0.1) is 6.04 Å². The van der Waals surface area contributed by atoms with E-state index in [1.165, 1.54) is 0 Å². The molecule has 2 aromatic rings. The number of benzene rings is 1. The Labute approximate surface area is 129 Å². The summed E-state index contributed by atoms with van der Waals surface area (Å²) in [6, 6.07) is 13.4. The van der Waals surface area contributed by atoms with Gasteiger partial charge >= 0.3 is 0 Å². The molecule has 0 aliphatic heterocycles. The maximum Gasteiger partial charge on any atom is 0.270 e. The van der Waals surface area contributed by atoms with Crippen LogP contribution in [0.3, 0.4) is 0 Å². The summed E-state index contributed by atoms with van der Waals surface area (Å²) in [7, 11) is 0. The smallest absolute Gasteiger partial charge is 0.270 e. The topological polar surface area (TPSA) is 42.0 Å². The highest BCUT2D eigenvalue weighted by molar-refractivity contribution is 6.30. The van der Waals surface area contributed by atoms with E-state index in [9.17, 15) is 4.79 Å². The average Bonchev–Trinajstić information content (AvgIpc) is 3.22. The molecule has 3 atom stereocenters. The van der Waals surface area contributed by atoms with Crippen molar-refractivity contribution in [3.8, 4) is 0 Å². The number of pyridine rings is 1. The monoisotopic (exact) mass is 300 g/mol. The summed E-state index contributed by atoms with van der Waals surface area (Å²) in [5.41, 5.74) is 1.50. The van der Waals surface area contributed by atoms with Crippen LogP contribution in [-0.4, -0.2) is 10.9 Å². The molecular weight excluding hydrogens is 284 g/mol. The Balaban J connectivity index is 1.81. The third-order valence-corrected chi connectivity index (χ3v) is 4.23. The van der Waals surface area contributed by atoms with Crippen LogP contribution in [0.15, 0.2) is 48.7 Å². The first-order valence-electron chi connectivity index (χ1n) is 7.12. The Morgan fingerprint density at radius 1 is 1.33 bits per heavy atom. The number of nitrogens with zero attached hydrogens (tertiary/aromatic N) is 1. The number of rotatable bonds is 4. The number of aromatic nitrogens is 1. The standard InChI is InChI=1S/C17H17ClN2O/c1-11-9-14(11)16(12-5-3-2-4-6-12)20-17(21)15-10-13(18)7-8-19-15/h2-8,10-11,14,16H,9H2,1H3,(H,20,21). The molecule has 1 amide bonds. The third kappa shape index (κ3) is 3.24.